The summed E-state index contributed by atoms with van der Waals surface area (Å²) in [6.07, 6.45) is 1.00. The third-order valence-corrected chi connectivity index (χ3v) is 7.87. The molecule has 0 aliphatic carbocycles. The fraction of sp³-hybridized carbons (Fsp3) is 0.647. The molecule has 154 valence electrons. The molecule has 1 N–H and O–H groups in total. The van der Waals surface area contributed by atoms with Gasteiger partial charge in [-0.25, -0.2) is 21.6 Å². The molecule has 1 atom stereocenters. The fourth-order valence-electron chi connectivity index (χ4n) is 3.15. The Kier molecular flexibility index (Phi) is 7.32. The second kappa shape index (κ2) is 8.75. The summed E-state index contributed by atoms with van der Waals surface area (Å²) in [6.45, 7) is 8.08. The van der Waals surface area contributed by atoms with Crippen LogP contribution in [0.1, 0.15) is 13.8 Å². The Balaban J connectivity index is 2.17. The lowest BCUT2D eigenvalue weighted by Gasteiger charge is -2.39. The van der Waals surface area contributed by atoms with E-state index in [9.17, 15) is 16.8 Å². The molecule has 1 aromatic rings. The molecule has 10 heteroatoms. The maximum absolute atomic E-state index is 12.7. The van der Waals surface area contributed by atoms with Crippen molar-refractivity contribution < 1.29 is 16.8 Å². The number of halogens is 1. The highest BCUT2D eigenvalue weighted by atomic mass is 35.5. The van der Waals surface area contributed by atoms with Crippen LogP contribution < -0.4 is 4.72 Å². The average Bonchev–Trinajstić information content (AvgIpc) is 2.55. The first kappa shape index (κ1) is 22.6. The largest absolute Gasteiger partial charge is 0.304 e. The molecular weight excluding hydrogens is 410 g/mol. The zero-order valence-corrected chi connectivity index (χ0v) is 18.5. The Morgan fingerprint density at radius 3 is 2.22 bits per heavy atom. The monoisotopic (exact) mass is 437 g/mol. The van der Waals surface area contributed by atoms with Gasteiger partial charge in [0.1, 0.15) is 0 Å². The summed E-state index contributed by atoms with van der Waals surface area (Å²) < 4.78 is 51.7. The van der Waals surface area contributed by atoms with Gasteiger partial charge < -0.3 is 4.90 Å². The van der Waals surface area contributed by atoms with Gasteiger partial charge in [-0.2, -0.15) is 0 Å². The Morgan fingerprint density at radius 1 is 1.11 bits per heavy atom. The summed E-state index contributed by atoms with van der Waals surface area (Å²) in [4.78, 5) is 4.26. The van der Waals surface area contributed by atoms with Crippen molar-refractivity contribution in [2.45, 2.75) is 29.7 Å². The number of hydrogen-bond acceptors (Lipinski definition) is 6. The van der Waals surface area contributed by atoms with Crippen molar-refractivity contribution >= 4 is 31.5 Å². The van der Waals surface area contributed by atoms with E-state index in [1.165, 1.54) is 12.1 Å². The number of nitrogens with zero attached hydrogens (tertiary/aromatic N) is 2. The van der Waals surface area contributed by atoms with Crippen LogP contribution in [0.5, 0.6) is 0 Å². The quantitative estimate of drug-likeness (QED) is 0.691. The lowest BCUT2D eigenvalue weighted by Crippen LogP contribution is -2.54. The zero-order valence-electron chi connectivity index (χ0n) is 16.1. The van der Waals surface area contributed by atoms with Gasteiger partial charge in [0.15, 0.2) is 9.84 Å². The van der Waals surface area contributed by atoms with E-state index in [4.69, 9.17) is 11.6 Å². The highest BCUT2D eigenvalue weighted by Crippen LogP contribution is 2.25. The third-order valence-electron chi connectivity index (χ3n) is 4.87. The van der Waals surface area contributed by atoms with Crippen LogP contribution in [0.3, 0.4) is 0 Å². The van der Waals surface area contributed by atoms with Gasteiger partial charge in [0, 0.05) is 45.0 Å². The van der Waals surface area contributed by atoms with E-state index in [0.717, 1.165) is 38.5 Å². The van der Waals surface area contributed by atoms with E-state index in [1.54, 1.807) is 0 Å². The lowest BCUT2D eigenvalue weighted by atomic mass is 10.0. The van der Waals surface area contributed by atoms with Crippen LogP contribution in [-0.2, 0) is 19.9 Å². The zero-order chi connectivity index (χ0) is 20.4. The van der Waals surface area contributed by atoms with E-state index < -0.39 is 19.9 Å². The molecule has 27 heavy (non-hydrogen) atoms. The van der Waals surface area contributed by atoms with Crippen molar-refractivity contribution in [3.63, 3.8) is 0 Å². The third kappa shape index (κ3) is 5.88. The topological polar surface area (TPSA) is 86.8 Å². The molecule has 1 aromatic carbocycles. The molecule has 1 fully saturated rings. The number of piperazine rings is 1. The Labute approximate surface area is 167 Å². The van der Waals surface area contributed by atoms with Crippen LogP contribution in [0.15, 0.2) is 28.0 Å². The summed E-state index contributed by atoms with van der Waals surface area (Å²) in [6, 6.07) is 3.79. The van der Waals surface area contributed by atoms with Crippen LogP contribution in [0.25, 0.3) is 0 Å². The minimum atomic E-state index is -3.85. The van der Waals surface area contributed by atoms with Crippen LogP contribution in [0, 0.1) is 5.92 Å². The highest BCUT2D eigenvalue weighted by molar-refractivity contribution is 7.91. The van der Waals surface area contributed by atoms with Crippen molar-refractivity contribution in [2.24, 2.45) is 5.92 Å². The average molecular weight is 438 g/mol. The second-order valence-electron chi connectivity index (χ2n) is 7.37. The lowest BCUT2D eigenvalue weighted by molar-refractivity contribution is 0.0905. The minimum Gasteiger partial charge on any atom is -0.304 e. The van der Waals surface area contributed by atoms with Gasteiger partial charge in [0.05, 0.1) is 14.8 Å². The molecule has 0 amide bonds. The summed E-state index contributed by atoms with van der Waals surface area (Å²) in [5, 5.41) is 0.00828. The van der Waals surface area contributed by atoms with Crippen LogP contribution in [0.2, 0.25) is 5.02 Å². The van der Waals surface area contributed by atoms with Crippen molar-refractivity contribution in [2.75, 3.05) is 46.0 Å². The molecular formula is C17H28ClN3O4S2. The van der Waals surface area contributed by atoms with E-state index in [1.807, 2.05) is 0 Å². The van der Waals surface area contributed by atoms with Crippen molar-refractivity contribution in [1.82, 2.24) is 14.5 Å². The highest BCUT2D eigenvalue weighted by Gasteiger charge is 2.27. The molecule has 1 saturated heterocycles. The maximum atomic E-state index is 12.7. The molecule has 0 aromatic heterocycles. The van der Waals surface area contributed by atoms with E-state index in [2.05, 4.69) is 35.4 Å². The normalized spacial score (nSPS) is 18.7. The number of likely N-dealkylation sites (N-methyl/N-ethyl adjacent to an activating group) is 1. The molecule has 2 rings (SSSR count). The van der Waals surface area contributed by atoms with Crippen molar-refractivity contribution in [3.05, 3.63) is 23.2 Å². The number of benzene rings is 1. The molecule has 1 aliphatic rings. The smallest absolute Gasteiger partial charge is 0.240 e. The minimum absolute atomic E-state index is 0.00828. The standard InChI is InChI=1S/C17H28ClN3O4S2/c1-13(2)16(21-9-7-20(3)8-10-21)12-19-27(24,25)14-5-6-15(18)17(11-14)26(4,22)23/h5-6,11,13,16,19H,7-10,12H2,1-4H3/t16-/m1/s1. The molecule has 0 radical (unpaired) electrons. The molecule has 0 bridgehead atoms. The maximum Gasteiger partial charge on any atom is 0.240 e. The predicted octanol–water partition coefficient (Wildman–Crippen LogP) is 1.29. The van der Waals surface area contributed by atoms with E-state index in [0.29, 0.717) is 0 Å². The summed E-state index contributed by atoms with van der Waals surface area (Å²) in [5.74, 6) is 0.271. The van der Waals surface area contributed by atoms with Crippen LogP contribution in [0.4, 0.5) is 0 Å². The first-order valence-electron chi connectivity index (χ1n) is 8.83. The molecule has 1 aliphatic heterocycles. The van der Waals surface area contributed by atoms with Gasteiger partial charge in [-0.05, 0) is 31.2 Å². The summed E-state index contributed by atoms with van der Waals surface area (Å²) in [7, 11) is -5.39. The van der Waals surface area contributed by atoms with Crippen molar-refractivity contribution in [3.8, 4) is 0 Å². The summed E-state index contributed by atoms with van der Waals surface area (Å²) in [5.41, 5.74) is 0. The predicted molar refractivity (Wildman–Crippen MR) is 107 cm³/mol. The number of sulfonamides is 1. The van der Waals surface area contributed by atoms with Crippen LogP contribution in [-0.4, -0.2) is 78.7 Å². The summed E-state index contributed by atoms with van der Waals surface area (Å²) >= 11 is 5.91. The first-order valence-corrected chi connectivity index (χ1v) is 12.6. The second-order valence-corrected chi connectivity index (χ2v) is 11.5. The van der Waals surface area contributed by atoms with Gasteiger partial charge in [0.2, 0.25) is 10.0 Å². The number of nitrogens with one attached hydrogen (secondary N) is 1. The van der Waals surface area contributed by atoms with Crippen molar-refractivity contribution in [1.29, 1.82) is 0 Å². The molecule has 0 unspecified atom stereocenters. The van der Waals surface area contributed by atoms with E-state index >= 15 is 0 Å². The Bertz CT molecular complexity index is 864. The van der Waals surface area contributed by atoms with Gasteiger partial charge in [0.25, 0.3) is 0 Å². The SMILES string of the molecule is CC(C)[C@@H](CNS(=O)(=O)c1ccc(Cl)c(S(C)(=O)=O)c1)N1CCN(C)CC1. The van der Waals surface area contributed by atoms with Crippen LogP contribution >= 0.6 is 11.6 Å². The van der Waals surface area contributed by atoms with E-state index in [-0.39, 0.29) is 33.3 Å². The number of sulfone groups is 1. The molecule has 0 saturated carbocycles. The van der Waals surface area contributed by atoms with Gasteiger partial charge in [-0.3, -0.25) is 4.90 Å². The Hall–Kier alpha value is -0.710. The molecule has 7 nitrogen and oxygen atoms in total. The first-order chi connectivity index (χ1) is 12.4. The van der Waals surface area contributed by atoms with Gasteiger partial charge in [-0.15, -0.1) is 0 Å². The van der Waals surface area contributed by atoms with Gasteiger partial charge >= 0.3 is 0 Å². The fourth-order valence-corrected chi connectivity index (χ4v) is 5.61. The number of rotatable bonds is 7. The number of hydrogen-bond donors (Lipinski definition) is 1. The molecule has 0 spiro atoms. The Morgan fingerprint density at radius 2 is 1.70 bits per heavy atom. The van der Waals surface area contributed by atoms with Gasteiger partial charge in [-0.1, -0.05) is 25.4 Å². The molecule has 1 heterocycles.